The molecule has 16 heavy (non-hydrogen) atoms. The maximum atomic E-state index is 11.1. The topological polar surface area (TPSA) is 26.3 Å². The van der Waals surface area contributed by atoms with Crippen molar-refractivity contribution in [2.24, 2.45) is 5.92 Å². The van der Waals surface area contributed by atoms with Gasteiger partial charge < -0.3 is 4.74 Å². The maximum Gasteiger partial charge on any atom is 0.132 e. The van der Waals surface area contributed by atoms with Crippen LogP contribution in [0.1, 0.15) is 31.4 Å². The maximum absolute atomic E-state index is 11.1. The molecule has 88 valence electrons. The fourth-order valence-electron chi connectivity index (χ4n) is 1.65. The molecule has 0 aromatic heterocycles. The SMILES string of the molecule is COc1ccc(CCC(C)C(C)=O)c(C)c1. The van der Waals surface area contributed by atoms with Crippen LogP contribution in [0.15, 0.2) is 18.2 Å². The predicted molar refractivity (Wildman–Crippen MR) is 65.9 cm³/mol. The van der Waals surface area contributed by atoms with E-state index in [1.807, 2.05) is 19.1 Å². The van der Waals surface area contributed by atoms with Crippen LogP contribution in [-0.4, -0.2) is 12.9 Å². The number of hydrogen-bond donors (Lipinski definition) is 0. The van der Waals surface area contributed by atoms with Gasteiger partial charge in [-0.05, 0) is 49.9 Å². The number of carbonyl (C=O) groups is 1. The van der Waals surface area contributed by atoms with E-state index in [9.17, 15) is 4.79 Å². The van der Waals surface area contributed by atoms with E-state index >= 15 is 0 Å². The van der Waals surface area contributed by atoms with Gasteiger partial charge in [0, 0.05) is 5.92 Å². The molecule has 1 atom stereocenters. The van der Waals surface area contributed by atoms with Crippen molar-refractivity contribution in [3.8, 4) is 5.75 Å². The third-order valence-electron chi connectivity index (χ3n) is 3.09. The van der Waals surface area contributed by atoms with E-state index in [2.05, 4.69) is 13.0 Å². The number of benzene rings is 1. The molecule has 0 aliphatic carbocycles. The highest BCUT2D eigenvalue weighted by molar-refractivity contribution is 5.77. The Morgan fingerprint density at radius 3 is 2.62 bits per heavy atom. The van der Waals surface area contributed by atoms with Crippen LogP contribution in [-0.2, 0) is 11.2 Å². The van der Waals surface area contributed by atoms with E-state index < -0.39 is 0 Å². The Morgan fingerprint density at radius 1 is 1.44 bits per heavy atom. The summed E-state index contributed by atoms with van der Waals surface area (Å²) in [6.07, 6.45) is 1.87. The van der Waals surface area contributed by atoms with E-state index in [0.29, 0.717) is 0 Å². The van der Waals surface area contributed by atoms with E-state index in [1.54, 1.807) is 14.0 Å². The quantitative estimate of drug-likeness (QED) is 0.762. The van der Waals surface area contributed by atoms with E-state index in [0.717, 1.165) is 18.6 Å². The van der Waals surface area contributed by atoms with E-state index in [-0.39, 0.29) is 11.7 Å². The highest BCUT2D eigenvalue weighted by Gasteiger charge is 2.08. The number of rotatable bonds is 5. The second kappa shape index (κ2) is 5.69. The van der Waals surface area contributed by atoms with Gasteiger partial charge in [-0.25, -0.2) is 0 Å². The summed E-state index contributed by atoms with van der Waals surface area (Å²) < 4.78 is 5.16. The van der Waals surface area contributed by atoms with Gasteiger partial charge in [0.25, 0.3) is 0 Å². The monoisotopic (exact) mass is 220 g/mol. The second-order valence-electron chi connectivity index (χ2n) is 4.34. The molecule has 0 aliphatic rings. The van der Waals surface area contributed by atoms with Crippen LogP contribution in [0.25, 0.3) is 0 Å². The van der Waals surface area contributed by atoms with Gasteiger partial charge in [-0.15, -0.1) is 0 Å². The lowest BCUT2D eigenvalue weighted by molar-refractivity contribution is -0.120. The summed E-state index contributed by atoms with van der Waals surface area (Å²) in [7, 11) is 1.67. The van der Waals surface area contributed by atoms with Crippen LogP contribution in [0, 0.1) is 12.8 Å². The Balaban J connectivity index is 2.64. The summed E-state index contributed by atoms with van der Waals surface area (Å²) in [5.41, 5.74) is 2.53. The second-order valence-corrected chi connectivity index (χ2v) is 4.34. The van der Waals surface area contributed by atoms with Gasteiger partial charge >= 0.3 is 0 Å². The summed E-state index contributed by atoms with van der Waals surface area (Å²) in [6.45, 7) is 5.73. The third-order valence-corrected chi connectivity index (χ3v) is 3.09. The van der Waals surface area contributed by atoms with Crippen molar-refractivity contribution in [1.82, 2.24) is 0 Å². The lowest BCUT2D eigenvalue weighted by atomic mass is 9.96. The Kier molecular flexibility index (Phi) is 4.53. The molecule has 1 unspecified atom stereocenters. The minimum atomic E-state index is 0.154. The van der Waals surface area contributed by atoms with Crippen LogP contribution in [0.4, 0.5) is 0 Å². The van der Waals surface area contributed by atoms with Crippen molar-refractivity contribution in [3.63, 3.8) is 0 Å². The first kappa shape index (κ1) is 12.8. The standard InChI is InChI=1S/C14H20O2/c1-10(12(3)15)5-6-13-7-8-14(16-4)9-11(13)2/h7-10H,5-6H2,1-4H3. The van der Waals surface area contributed by atoms with Crippen molar-refractivity contribution in [1.29, 1.82) is 0 Å². The summed E-state index contributed by atoms with van der Waals surface area (Å²) in [6, 6.07) is 6.09. The first-order valence-corrected chi connectivity index (χ1v) is 5.68. The molecule has 1 aromatic carbocycles. The molecule has 0 fully saturated rings. The lowest BCUT2D eigenvalue weighted by Crippen LogP contribution is -2.07. The third kappa shape index (κ3) is 3.37. The van der Waals surface area contributed by atoms with Crippen molar-refractivity contribution in [2.45, 2.75) is 33.6 Å². The Labute approximate surface area is 97.6 Å². The first-order chi connectivity index (χ1) is 7.54. The summed E-state index contributed by atoms with van der Waals surface area (Å²) >= 11 is 0. The fourth-order valence-corrected chi connectivity index (χ4v) is 1.65. The van der Waals surface area contributed by atoms with Gasteiger partial charge in [0.05, 0.1) is 7.11 Å². The average molecular weight is 220 g/mol. The summed E-state index contributed by atoms with van der Waals surface area (Å²) in [5.74, 6) is 1.31. The zero-order valence-corrected chi connectivity index (χ0v) is 10.5. The van der Waals surface area contributed by atoms with Crippen molar-refractivity contribution < 1.29 is 9.53 Å². The number of ketones is 1. The van der Waals surface area contributed by atoms with Crippen LogP contribution in [0.5, 0.6) is 5.75 Å². The molecule has 0 saturated carbocycles. The van der Waals surface area contributed by atoms with Crippen LogP contribution in [0.3, 0.4) is 0 Å². The number of aryl methyl sites for hydroxylation is 2. The number of Topliss-reactive ketones (excluding diaryl/α,β-unsaturated/α-hetero) is 1. The Hall–Kier alpha value is -1.31. The molecule has 1 aromatic rings. The van der Waals surface area contributed by atoms with Gasteiger partial charge in [0.15, 0.2) is 0 Å². The van der Waals surface area contributed by atoms with Gasteiger partial charge in [-0.1, -0.05) is 13.0 Å². The number of carbonyl (C=O) groups excluding carboxylic acids is 1. The zero-order valence-electron chi connectivity index (χ0n) is 10.5. The van der Waals surface area contributed by atoms with Gasteiger partial charge in [-0.2, -0.15) is 0 Å². The summed E-state index contributed by atoms with van der Waals surface area (Å²) in [5, 5.41) is 0. The normalized spacial score (nSPS) is 12.2. The van der Waals surface area contributed by atoms with E-state index in [1.165, 1.54) is 11.1 Å². The molecule has 0 heterocycles. The minimum Gasteiger partial charge on any atom is -0.497 e. The van der Waals surface area contributed by atoms with E-state index in [4.69, 9.17) is 4.74 Å². The lowest BCUT2D eigenvalue weighted by Gasteiger charge is -2.10. The van der Waals surface area contributed by atoms with Crippen LogP contribution in [0.2, 0.25) is 0 Å². The van der Waals surface area contributed by atoms with Gasteiger partial charge in [0.1, 0.15) is 11.5 Å². The molecule has 0 N–H and O–H groups in total. The molecule has 0 spiro atoms. The molecular weight excluding hydrogens is 200 g/mol. The van der Waals surface area contributed by atoms with Crippen molar-refractivity contribution in [3.05, 3.63) is 29.3 Å². The molecule has 0 saturated heterocycles. The highest BCUT2D eigenvalue weighted by Crippen LogP contribution is 2.19. The molecule has 2 nitrogen and oxygen atoms in total. The van der Waals surface area contributed by atoms with Crippen molar-refractivity contribution in [2.75, 3.05) is 7.11 Å². The van der Waals surface area contributed by atoms with Gasteiger partial charge in [0.2, 0.25) is 0 Å². The van der Waals surface area contributed by atoms with Crippen LogP contribution < -0.4 is 4.74 Å². The predicted octanol–water partition coefficient (Wildman–Crippen LogP) is 3.16. The van der Waals surface area contributed by atoms with Gasteiger partial charge in [-0.3, -0.25) is 4.79 Å². The Morgan fingerprint density at radius 2 is 2.12 bits per heavy atom. The van der Waals surface area contributed by atoms with Crippen molar-refractivity contribution >= 4 is 5.78 Å². The smallest absolute Gasteiger partial charge is 0.132 e. The zero-order chi connectivity index (χ0) is 12.1. The molecule has 0 radical (unpaired) electrons. The largest absolute Gasteiger partial charge is 0.497 e. The number of methoxy groups -OCH3 is 1. The molecule has 1 rings (SSSR count). The van der Waals surface area contributed by atoms with Crippen LogP contribution >= 0.6 is 0 Å². The molecule has 2 heteroatoms. The molecule has 0 amide bonds. The number of hydrogen-bond acceptors (Lipinski definition) is 2. The Bertz CT molecular complexity index is 369. The molecule has 0 aliphatic heterocycles. The highest BCUT2D eigenvalue weighted by atomic mass is 16.5. The average Bonchev–Trinajstić information content (AvgIpc) is 2.26. The molecule has 0 bridgehead atoms. The summed E-state index contributed by atoms with van der Waals surface area (Å²) in [4.78, 5) is 11.1. The first-order valence-electron chi connectivity index (χ1n) is 5.68. The fraction of sp³-hybridized carbons (Fsp3) is 0.500. The minimum absolute atomic E-state index is 0.154. The number of ether oxygens (including phenoxy) is 1. The molecular formula is C14H20O2.